The quantitative estimate of drug-likeness (QED) is 0.804. The molecule has 0 amide bonds. The average Bonchev–Trinajstić information content (AvgIpc) is 2.16. The summed E-state index contributed by atoms with van der Waals surface area (Å²) in [7, 11) is 1.58. The number of methoxy groups -OCH3 is 1. The van der Waals surface area contributed by atoms with Crippen LogP contribution in [0.25, 0.3) is 0 Å². The van der Waals surface area contributed by atoms with Crippen LogP contribution in [0.2, 0.25) is 0 Å². The van der Waals surface area contributed by atoms with E-state index in [0.29, 0.717) is 5.56 Å². The summed E-state index contributed by atoms with van der Waals surface area (Å²) in [5, 5.41) is 8.81. The van der Waals surface area contributed by atoms with Crippen LogP contribution in [-0.4, -0.2) is 18.2 Å². The Morgan fingerprint density at radius 2 is 2.07 bits per heavy atom. The first-order valence-corrected chi connectivity index (χ1v) is 4.47. The smallest absolute Gasteiger partial charge is 0.335 e. The minimum Gasteiger partial charge on any atom is -0.496 e. The number of carbonyl (C=O) groups is 1. The predicted octanol–water partition coefficient (Wildman–Crippen LogP) is 2.52. The molecule has 0 bridgehead atoms. The van der Waals surface area contributed by atoms with Crippen LogP contribution in [0, 0.1) is 0 Å². The molecule has 3 heteroatoms. The van der Waals surface area contributed by atoms with Crippen molar-refractivity contribution in [2.45, 2.75) is 19.8 Å². The predicted molar refractivity (Wildman–Crippen MR) is 54.0 cm³/mol. The maximum Gasteiger partial charge on any atom is 0.335 e. The maximum atomic E-state index is 10.7. The molecule has 0 heterocycles. The number of aromatic carboxylic acids is 1. The van der Waals surface area contributed by atoms with Crippen molar-refractivity contribution in [3.05, 3.63) is 29.3 Å². The van der Waals surface area contributed by atoms with E-state index < -0.39 is 5.97 Å². The molecule has 0 radical (unpaired) electrons. The van der Waals surface area contributed by atoms with Gasteiger partial charge in [0.1, 0.15) is 5.75 Å². The molecule has 14 heavy (non-hydrogen) atoms. The van der Waals surface area contributed by atoms with Crippen LogP contribution in [-0.2, 0) is 0 Å². The van der Waals surface area contributed by atoms with Gasteiger partial charge in [-0.05, 0) is 29.7 Å². The summed E-state index contributed by atoms with van der Waals surface area (Å²) in [5.41, 5.74) is 1.22. The molecule has 0 fully saturated rings. The summed E-state index contributed by atoms with van der Waals surface area (Å²) in [6, 6.07) is 4.90. The number of carboxylic acid groups (broad SMARTS) is 1. The fourth-order valence-electron chi connectivity index (χ4n) is 1.32. The van der Waals surface area contributed by atoms with Gasteiger partial charge >= 0.3 is 5.97 Å². The summed E-state index contributed by atoms with van der Waals surface area (Å²) in [6.07, 6.45) is 0. The molecule has 3 nitrogen and oxygen atoms in total. The monoisotopic (exact) mass is 194 g/mol. The van der Waals surface area contributed by atoms with Crippen molar-refractivity contribution in [1.29, 1.82) is 0 Å². The molecule has 76 valence electrons. The van der Waals surface area contributed by atoms with Gasteiger partial charge in [0.25, 0.3) is 0 Å². The highest BCUT2D eigenvalue weighted by molar-refractivity contribution is 5.88. The van der Waals surface area contributed by atoms with Crippen LogP contribution in [0.4, 0.5) is 0 Å². The molecule has 1 aromatic carbocycles. The van der Waals surface area contributed by atoms with Gasteiger partial charge in [0, 0.05) is 0 Å². The third kappa shape index (κ3) is 2.05. The SMILES string of the molecule is COc1ccc(C(=O)O)cc1C(C)C. The Morgan fingerprint density at radius 3 is 2.50 bits per heavy atom. The van der Waals surface area contributed by atoms with Crippen LogP contribution in [0.1, 0.15) is 35.7 Å². The zero-order valence-electron chi connectivity index (χ0n) is 8.57. The highest BCUT2D eigenvalue weighted by Gasteiger charge is 2.11. The summed E-state index contributed by atoms with van der Waals surface area (Å²) in [5.74, 6) is 0.0869. The minimum absolute atomic E-state index is 0.254. The first-order valence-electron chi connectivity index (χ1n) is 4.47. The molecule has 0 saturated carbocycles. The molecule has 0 atom stereocenters. The summed E-state index contributed by atoms with van der Waals surface area (Å²) in [6.45, 7) is 4.01. The highest BCUT2D eigenvalue weighted by Crippen LogP contribution is 2.27. The van der Waals surface area contributed by atoms with Gasteiger partial charge in [0.05, 0.1) is 12.7 Å². The fraction of sp³-hybridized carbons (Fsp3) is 0.364. The second-order valence-electron chi connectivity index (χ2n) is 3.42. The molecule has 0 aliphatic carbocycles. The van der Waals surface area contributed by atoms with Gasteiger partial charge < -0.3 is 9.84 Å². The Balaban J connectivity index is 3.20. The Kier molecular flexibility index (Phi) is 3.12. The van der Waals surface area contributed by atoms with Crippen LogP contribution in [0.5, 0.6) is 5.75 Å². The summed E-state index contributed by atoms with van der Waals surface area (Å²) < 4.78 is 5.15. The zero-order chi connectivity index (χ0) is 10.7. The number of ether oxygens (including phenoxy) is 1. The standard InChI is InChI=1S/C11H14O3/c1-7(2)9-6-8(11(12)13)4-5-10(9)14-3/h4-7H,1-3H3,(H,12,13). The lowest BCUT2D eigenvalue weighted by atomic mass is 9.99. The van der Waals surface area contributed by atoms with E-state index in [4.69, 9.17) is 9.84 Å². The Hall–Kier alpha value is -1.51. The van der Waals surface area contributed by atoms with Gasteiger partial charge in [-0.25, -0.2) is 4.79 Å². The molecule has 0 saturated heterocycles. The van der Waals surface area contributed by atoms with Crippen molar-refractivity contribution in [3.63, 3.8) is 0 Å². The summed E-state index contributed by atoms with van der Waals surface area (Å²) in [4.78, 5) is 10.7. The molecule has 0 aromatic heterocycles. The maximum absolute atomic E-state index is 10.7. The van der Waals surface area contributed by atoms with Crippen molar-refractivity contribution in [2.24, 2.45) is 0 Å². The Morgan fingerprint density at radius 1 is 1.43 bits per heavy atom. The van der Waals surface area contributed by atoms with Crippen LogP contribution >= 0.6 is 0 Å². The van der Waals surface area contributed by atoms with Gasteiger partial charge in [-0.2, -0.15) is 0 Å². The van der Waals surface area contributed by atoms with Crippen molar-refractivity contribution >= 4 is 5.97 Å². The van der Waals surface area contributed by atoms with E-state index in [1.807, 2.05) is 13.8 Å². The second kappa shape index (κ2) is 4.13. The van der Waals surface area contributed by atoms with E-state index in [-0.39, 0.29) is 5.92 Å². The number of carboxylic acids is 1. The lowest BCUT2D eigenvalue weighted by Gasteiger charge is -2.11. The lowest BCUT2D eigenvalue weighted by Crippen LogP contribution is -2.00. The van der Waals surface area contributed by atoms with Gasteiger partial charge in [-0.15, -0.1) is 0 Å². The number of benzene rings is 1. The van der Waals surface area contributed by atoms with Gasteiger partial charge in [-0.3, -0.25) is 0 Å². The number of hydrogen-bond acceptors (Lipinski definition) is 2. The van der Waals surface area contributed by atoms with E-state index >= 15 is 0 Å². The minimum atomic E-state index is -0.908. The van der Waals surface area contributed by atoms with E-state index in [0.717, 1.165) is 11.3 Å². The molecule has 1 rings (SSSR count). The van der Waals surface area contributed by atoms with Crippen molar-refractivity contribution in [1.82, 2.24) is 0 Å². The molecular weight excluding hydrogens is 180 g/mol. The highest BCUT2D eigenvalue weighted by atomic mass is 16.5. The van der Waals surface area contributed by atoms with E-state index in [9.17, 15) is 4.79 Å². The Bertz CT molecular complexity index is 342. The van der Waals surface area contributed by atoms with Crippen LogP contribution in [0.15, 0.2) is 18.2 Å². The van der Waals surface area contributed by atoms with Crippen molar-refractivity contribution in [2.75, 3.05) is 7.11 Å². The molecule has 0 spiro atoms. The lowest BCUT2D eigenvalue weighted by molar-refractivity contribution is 0.0696. The van der Waals surface area contributed by atoms with Crippen LogP contribution < -0.4 is 4.74 Å². The van der Waals surface area contributed by atoms with E-state index in [1.54, 1.807) is 25.3 Å². The number of rotatable bonds is 3. The van der Waals surface area contributed by atoms with E-state index in [2.05, 4.69) is 0 Å². The zero-order valence-corrected chi connectivity index (χ0v) is 8.57. The fourth-order valence-corrected chi connectivity index (χ4v) is 1.32. The molecule has 0 aliphatic heterocycles. The third-order valence-electron chi connectivity index (χ3n) is 2.10. The molecule has 1 aromatic rings. The molecule has 0 aliphatic rings. The summed E-state index contributed by atoms with van der Waals surface area (Å²) >= 11 is 0. The second-order valence-corrected chi connectivity index (χ2v) is 3.42. The molecule has 0 unspecified atom stereocenters. The third-order valence-corrected chi connectivity index (χ3v) is 2.10. The topological polar surface area (TPSA) is 46.5 Å². The largest absolute Gasteiger partial charge is 0.496 e. The molecule has 1 N–H and O–H groups in total. The van der Waals surface area contributed by atoms with Crippen molar-refractivity contribution < 1.29 is 14.6 Å². The number of hydrogen-bond donors (Lipinski definition) is 1. The van der Waals surface area contributed by atoms with Gasteiger partial charge in [0.2, 0.25) is 0 Å². The van der Waals surface area contributed by atoms with Crippen molar-refractivity contribution in [3.8, 4) is 5.75 Å². The first kappa shape index (κ1) is 10.6. The van der Waals surface area contributed by atoms with Gasteiger partial charge in [-0.1, -0.05) is 13.8 Å². The first-order chi connectivity index (χ1) is 6.56. The molecular formula is C11H14O3. The van der Waals surface area contributed by atoms with Gasteiger partial charge in [0.15, 0.2) is 0 Å². The normalized spacial score (nSPS) is 10.3. The Labute approximate surface area is 83.3 Å². The van der Waals surface area contributed by atoms with E-state index in [1.165, 1.54) is 0 Å². The average molecular weight is 194 g/mol. The van der Waals surface area contributed by atoms with Crippen LogP contribution in [0.3, 0.4) is 0 Å².